The summed E-state index contributed by atoms with van der Waals surface area (Å²) in [5, 5.41) is 20.9. The zero-order valence-corrected chi connectivity index (χ0v) is 16.9. The van der Waals surface area contributed by atoms with Gasteiger partial charge in [-0.2, -0.15) is 0 Å². The zero-order valence-electron chi connectivity index (χ0n) is 16.9. The minimum absolute atomic E-state index is 0.200. The van der Waals surface area contributed by atoms with Gasteiger partial charge < -0.3 is 20.0 Å². The van der Waals surface area contributed by atoms with Crippen molar-refractivity contribution in [2.75, 3.05) is 29.9 Å². The van der Waals surface area contributed by atoms with Crippen LogP contribution >= 0.6 is 0 Å². The summed E-state index contributed by atoms with van der Waals surface area (Å²) in [6.45, 7) is 4.33. The van der Waals surface area contributed by atoms with Crippen molar-refractivity contribution in [1.82, 2.24) is 9.88 Å². The molecule has 3 aliphatic rings. The number of nitrogens with one attached hydrogen (secondary N) is 1. The molecule has 3 heterocycles. The Morgan fingerprint density at radius 1 is 1.17 bits per heavy atom. The number of pyridine rings is 1. The topological polar surface area (TPSA) is 106 Å². The van der Waals surface area contributed by atoms with Gasteiger partial charge in [-0.25, -0.2) is 9.78 Å². The van der Waals surface area contributed by atoms with E-state index >= 15 is 0 Å². The first-order valence-electron chi connectivity index (χ1n) is 10.6. The molecule has 0 aromatic carbocycles. The average molecular weight is 402 g/mol. The Kier molecular flexibility index (Phi) is 5.38. The number of carbonyl (C=O) groups excluding carboxylic acids is 1. The first-order chi connectivity index (χ1) is 13.9. The standard InChI is InChI=1S/C21H30N4O4/c1-14-12-15(23-20(28)29)13-22-18(14)24-9-6-21(7-10-24)8-11-25(19(21)27)16-2-4-17(26)5-3-16/h12-13,16-17,23,26H,2-11H2,1H3,(H,28,29). The van der Waals surface area contributed by atoms with Gasteiger partial charge in [0.25, 0.3) is 0 Å². The Morgan fingerprint density at radius 3 is 2.45 bits per heavy atom. The number of carboxylic acid groups (broad SMARTS) is 1. The second kappa shape index (κ2) is 7.82. The highest BCUT2D eigenvalue weighted by molar-refractivity contribution is 5.85. The molecular weight excluding hydrogens is 372 g/mol. The minimum atomic E-state index is -1.10. The molecule has 1 aliphatic carbocycles. The van der Waals surface area contributed by atoms with E-state index in [-0.39, 0.29) is 11.5 Å². The van der Waals surface area contributed by atoms with E-state index in [4.69, 9.17) is 5.11 Å². The van der Waals surface area contributed by atoms with Crippen LogP contribution in [0.15, 0.2) is 12.3 Å². The van der Waals surface area contributed by atoms with Crippen LogP contribution in [0.1, 0.15) is 50.5 Å². The molecule has 2 amide bonds. The number of hydrogen-bond donors (Lipinski definition) is 3. The van der Waals surface area contributed by atoms with Gasteiger partial charge >= 0.3 is 6.09 Å². The summed E-state index contributed by atoms with van der Waals surface area (Å²) < 4.78 is 0. The van der Waals surface area contributed by atoms with Gasteiger partial charge in [0.15, 0.2) is 0 Å². The van der Waals surface area contributed by atoms with Gasteiger partial charge in [-0.15, -0.1) is 0 Å². The lowest BCUT2D eigenvalue weighted by Gasteiger charge is -2.40. The highest BCUT2D eigenvalue weighted by Gasteiger charge is 2.50. The average Bonchev–Trinajstić information content (AvgIpc) is 2.99. The molecular formula is C21H30N4O4. The lowest BCUT2D eigenvalue weighted by Crippen LogP contribution is -2.47. The van der Waals surface area contributed by atoms with Crippen molar-refractivity contribution >= 4 is 23.5 Å². The number of piperidine rings is 1. The molecule has 1 aromatic rings. The number of rotatable bonds is 3. The van der Waals surface area contributed by atoms with E-state index in [0.717, 1.165) is 76.0 Å². The third kappa shape index (κ3) is 3.90. The molecule has 1 saturated carbocycles. The largest absolute Gasteiger partial charge is 0.465 e. The van der Waals surface area contributed by atoms with E-state index in [9.17, 15) is 14.7 Å². The quantitative estimate of drug-likeness (QED) is 0.718. The SMILES string of the molecule is Cc1cc(NC(=O)O)cnc1N1CCC2(CC1)CCN(C1CCC(O)CC1)C2=O. The maximum absolute atomic E-state index is 13.3. The maximum atomic E-state index is 13.3. The van der Waals surface area contributed by atoms with E-state index in [1.807, 2.05) is 6.92 Å². The first-order valence-corrected chi connectivity index (χ1v) is 10.6. The van der Waals surface area contributed by atoms with Gasteiger partial charge in [-0.1, -0.05) is 0 Å². The van der Waals surface area contributed by atoms with Gasteiger partial charge in [0.05, 0.1) is 23.4 Å². The summed E-state index contributed by atoms with van der Waals surface area (Å²) in [7, 11) is 0. The van der Waals surface area contributed by atoms with E-state index in [0.29, 0.717) is 17.6 Å². The van der Waals surface area contributed by atoms with Gasteiger partial charge in [0.1, 0.15) is 5.82 Å². The van der Waals surface area contributed by atoms with Crippen molar-refractivity contribution in [2.24, 2.45) is 5.41 Å². The summed E-state index contributed by atoms with van der Waals surface area (Å²) in [5.74, 6) is 1.17. The highest BCUT2D eigenvalue weighted by Crippen LogP contribution is 2.44. The summed E-state index contributed by atoms with van der Waals surface area (Å²) in [5.41, 5.74) is 1.14. The van der Waals surface area contributed by atoms with Crippen LogP contribution in [0.5, 0.6) is 0 Å². The number of aliphatic hydroxyl groups excluding tert-OH is 1. The summed E-state index contributed by atoms with van der Waals surface area (Å²) in [6.07, 6.45) is 6.24. The maximum Gasteiger partial charge on any atom is 0.409 e. The third-order valence-electron chi connectivity index (χ3n) is 6.97. The van der Waals surface area contributed by atoms with Crippen LogP contribution in [-0.2, 0) is 4.79 Å². The number of nitrogens with zero attached hydrogens (tertiary/aromatic N) is 3. The van der Waals surface area contributed by atoms with E-state index in [1.165, 1.54) is 0 Å². The Hall–Kier alpha value is -2.35. The van der Waals surface area contributed by atoms with Crippen molar-refractivity contribution in [3.63, 3.8) is 0 Å². The number of aromatic nitrogens is 1. The van der Waals surface area contributed by atoms with Crippen LogP contribution in [0.25, 0.3) is 0 Å². The molecule has 0 bridgehead atoms. The number of aryl methyl sites for hydroxylation is 1. The molecule has 0 radical (unpaired) electrons. The monoisotopic (exact) mass is 402 g/mol. The first kappa shape index (κ1) is 19.9. The summed E-state index contributed by atoms with van der Waals surface area (Å²) in [4.78, 5) is 32.9. The van der Waals surface area contributed by atoms with Crippen molar-refractivity contribution in [1.29, 1.82) is 0 Å². The molecule has 8 heteroatoms. The van der Waals surface area contributed by atoms with Crippen LogP contribution in [0.3, 0.4) is 0 Å². The van der Waals surface area contributed by atoms with Gasteiger partial charge in [-0.3, -0.25) is 10.1 Å². The molecule has 158 valence electrons. The van der Waals surface area contributed by atoms with Gasteiger partial charge in [-0.05, 0) is 63.5 Å². The highest BCUT2D eigenvalue weighted by atomic mass is 16.4. The van der Waals surface area contributed by atoms with Crippen molar-refractivity contribution in [3.05, 3.63) is 17.8 Å². The van der Waals surface area contributed by atoms with Crippen molar-refractivity contribution in [3.8, 4) is 0 Å². The lowest BCUT2D eigenvalue weighted by molar-refractivity contribution is -0.139. The van der Waals surface area contributed by atoms with Crippen LogP contribution in [0.2, 0.25) is 0 Å². The summed E-state index contributed by atoms with van der Waals surface area (Å²) >= 11 is 0. The van der Waals surface area contributed by atoms with Crippen LogP contribution in [0, 0.1) is 12.3 Å². The molecule has 2 aliphatic heterocycles. The van der Waals surface area contributed by atoms with E-state index in [2.05, 4.69) is 20.1 Å². The molecule has 1 aromatic heterocycles. The fourth-order valence-corrected chi connectivity index (χ4v) is 5.27. The lowest BCUT2D eigenvalue weighted by atomic mass is 9.77. The zero-order chi connectivity index (χ0) is 20.6. The van der Waals surface area contributed by atoms with Crippen molar-refractivity contribution in [2.45, 2.75) is 64.0 Å². The molecule has 0 atom stereocenters. The Bertz CT molecular complexity index is 783. The normalized spacial score (nSPS) is 26.8. The minimum Gasteiger partial charge on any atom is -0.465 e. The molecule has 0 unspecified atom stereocenters. The molecule has 1 spiro atoms. The number of hydrogen-bond acceptors (Lipinski definition) is 5. The predicted octanol–water partition coefficient (Wildman–Crippen LogP) is 2.60. The molecule has 4 rings (SSSR count). The Labute approximate surface area is 170 Å². The van der Waals surface area contributed by atoms with E-state index < -0.39 is 6.09 Å². The Balaban J connectivity index is 1.39. The molecule has 8 nitrogen and oxygen atoms in total. The molecule has 3 N–H and O–H groups in total. The second-order valence-corrected chi connectivity index (χ2v) is 8.77. The fourth-order valence-electron chi connectivity index (χ4n) is 5.27. The van der Waals surface area contributed by atoms with Gasteiger partial charge in [0.2, 0.25) is 5.91 Å². The smallest absolute Gasteiger partial charge is 0.409 e. The number of anilines is 2. The summed E-state index contributed by atoms with van der Waals surface area (Å²) in [6, 6.07) is 2.09. The fraction of sp³-hybridized carbons (Fsp3) is 0.667. The number of likely N-dealkylation sites (tertiary alicyclic amines) is 1. The van der Waals surface area contributed by atoms with Crippen LogP contribution in [-0.4, -0.2) is 63.9 Å². The number of carbonyl (C=O) groups is 2. The third-order valence-corrected chi connectivity index (χ3v) is 6.97. The Morgan fingerprint density at radius 2 is 1.83 bits per heavy atom. The molecule has 2 saturated heterocycles. The number of aliphatic hydroxyl groups is 1. The molecule has 29 heavy (non-hydrogen) atoms. The number of amides is 2. The van der Waals surface area contributed by atoms with E-state index in [1.54, 1.807) is 12.3 Å². The molecule has 3 fully saturated rings. The van der Waals surface area contributed by atoms with Crippen LogP contribution < -0.4 is 10.2 Å². The van der Waals surface area contributed by atoms with Crippen molar-refractivity contribution < 1.29 is 19.8 Å². The van der Waals surface area contributed by atoms with Crippen LogP contribution in [0.4, 0.5) is 16.3 Å². The predicted molar refractivity (Wildman–Crippen MR) is 109 cm³/mol. The van der Waals surface area contributed by atoms with Gasteiger partial charge in [0, 0.05) is 25.7 Å². The second-order valence-electron chi connectivity index (χ2n) is 8.77.